The second-order valence-electron chi connectivity index (χ2n) is 5.52. The molecule has 1 heterocycles. The van der Waals surface area contributed by atoms with Gasteiger partial charge in [0.15, 0.2) is 0 Å². The maximum atomic E-state index is 12.7. The van der Waals surface area contributed by atoms with Crippen molar-refractivity contribution >= 4 is 30.1 Å². The zero-order chi connectivity index (χ0) is 14.5. The van der Waals surface area contributed by atoms with Gasteiger partial charge in [0.25, 0.3) is 5.91 Å². The lowest BCUT2D eigenvalue weighted by Crippen LogP contribution is -2.44. The summed E-state index contributed by atoms with van der Waals surface area (Å²) in [4.78, 5) is 15.8. The number of benzene rings is 1. The van der Waals surface area contributed by atoms with E-state index >= 15 is 0 Å². The Labute approximate surface area is 138 Å². The van der Waals surface area contributed by atoms with E-state index in [1.807, 2.05) is 30.1 Å². The highest BCUT2D eigenvalue weighted by Crippen LogP contribution is 2.28. The fourth-order valence-electron chi connectivity index (χ4n) is 2.54. The second-order valence-corrected chi connectivity index (χ2v) is 7.14. The molecule has 0 spiro atoms. The minimum Gasteiger partial charge on any atom is -0.338 e. The fourth-order valence-corrected chi connectivity index (χ4v) is 3.49. The summed E-state index contributed by atoms with van der Waals surface area (Å²) >= 11 is 1.76. The molecule has 0 atom stereocenters. The van der Waals surface area contributed by atoms with Crippen LogP contribution in [-0.2, 0) is 0 Å². The number of rotatable bonds is 4. The summed E-state index contributed by atoms with van der Waals surface area (Å²) in [6.45, 7) is 6.02. The molecule has 1 aromatic rings. The van der Waals surface area contributed by atoms with Crippen molar-refractivity contribution in [3.8, 4) is 0 Å². The number of thioether (sulfide) groups is 1. The summed E-state index contributed by atoms with van der Waals surface area (Å²) in [5.74, 6) is 0.184. The quantitative estimate of drug-likeness (QED) is 0.859. The molecule has 1 aromatic carbocycles. The van der Waals surface area contributed by atoms with Gasteiger partial charge < -0.3 is 10.2 Å². The molecule has 118 valence electrons. The lowest BCUT2D eigenvalue weighted by atomic mass is 10.0. The molecule has 21 heavy (non-hydrogen) atoms. The first-order valence-corrected chi connectivity index (χ1v) is 8.22. The van der Waals surface area contributed by atoms with E-state index < -0.39 is 0 Å². The maximum Gasteiger partial charge on any atom is 0.254 e. The standard InChI is InChI=1S/C16H24N2OS.ClH/c1-12(2)20-15-7-5-4-6-14(15)16(19)18-10-8-13(17-3)9-11-18;/h4-7,12-13,17H,8-11H2,1-3H3;1H. The lowest BCUT2D eigenvalue weighted by molar-refractivity contribution is 0.0704. The molecule has 0 bridgehead atoms. The molecule has 0 saturated carbocycles. The molecule has 2 rings (SSSR count). The van der Waals surface area contributed by atoms with Crippen LogP contribution >= 0.6 is 24.2 Å². The van der Waals surface area contributed by atoms with Gasteiger partial charge in [0.05, 0.1) is 5.56 Å². The number of nitrogens with one attached hydrogen (secondary N) is 1. The van der Waals surface area contributed by atoms with E-state index in [9.17, 15) is 4.79 Å². The molecule has 1 saturated heterocycles. The van der Waals surface area contributed by atoms with Crippen LogP contribution in [0.25, 0.3) is 0 Å². The Morgan fingerprint density at radius 3 is 2.48 bits per heavy atom. The minimum atomic E-state index is 0. The van der Waals surface area contributed by atoms with Crippen molar-refractivity contribution in [2.75, 3.05) is 20.1 Å². The van der Waals surface area contributed by atoms with Gasteiger partial charge in [0, 0.05) is 29.3 Å². The van der Waals surface area contributed by atoms with Crippen LogP contribution in [0.2, 0.25) is 0 Å². The van der Waals surface area contributed by atoms with Crippen LogP contribution in [0, 0.1) is 0 Å². The molecule has 5 heteroatoms. The number of hydrogen-bond donors (Lipinski definition) is 1. The first kappa shape index (κ1) is 18.3. The van der Waals surface area contributed by atoms with E-state index in [1.54, 1.807) is 11.8 Å². The lowest BCUT2D eigenvalue weighted by Gasteiger charge is -2.32. The average Bonchev–Trinajstić information content (AvgIpc) is 2.46. The number of piperidine rings is 1. The normalized spacial score (nSPS) is 15.9. The van der Waals surface area contributed by atoms with Crippen molar-refractivity contribution < 1.29 is 4.79 Å². The number of halogens is 1. The van der Waals surface area contributed by atoms with Crippen LogP contribution in [0.5, 0.6) is 0 Å². The van der Waals surface area contributed by atoms with E-state index in [2.05, 4.69) is 25.2 Å². The number of carbonyl (C=O) groups is 1. The smallest absolute Gasteiger partial charge is 0.254 e. The van der Waals surface area contributed by atoms with Gasteiger partial charge in [0.1, 0.15) is 0 Å². The number of carbonyl (C=O) groups excluding carboxylic acids is 1. The molecule has 0 aliphatic carbocycles. The summed E-state index contributed by atoms with van der Waals surface area (Å²) in [6, 6.07) is 8.53. The van der Waals surface area contributed by atoms with E-state index in [0.29, 0.717) is 11.3 Å². The van der Waals surface area contributed by atoms with Gasteiger partial charge in [-0.05, 0) is 32.0 Å². The summed E-state index contributed by atoms with van der Waals surface area (Å²) in [7, 11) is 2.00. The molecular weight excluding hydrogens is 304 g/mol. The Morgan fingerprint density at radius 1 is 1.29 bits per heavy atom. The Kier molecular flexibility index (Phi) is 7.57. The van der Waals surface area contributed by atoms with Crippen LogP contribution < -0.4 is 5.32 Å². The minimum absolute atomic E-state index is 0. The topological polar surface area (TPSA) is 32.3 Å². The first-order valence-electron chi connectivity index (χ1n) is 7.34. The van der Waals surface area contributed by atoms with Gasteiger partial charge >= 0.3 is 0 Å². The summed E-state index contributed by atoms with van der Waals surface area (Å²) in [5.41, 5.74) is 0.856. The van der Waals surface area contributed by atoms with Crippen LogP contribution in [0.1, 0.15) is 37.0 Å². The number of nitrogens with zero attached hydrogens (tertiary/aromatic N) is 1. The third-order valence-electron chi connectivity index (χ3n) is 3.67. The van der Waals surface area contributed by atoms with Crippen molar-refractivity contribution in [3.05, 3.63) is 29.8 Å². The van der Waals surface area contributed by atoms with E-state index in [1.165, 1.54) is 0 Å². The van der Waals surface area contributed by atoms with E-state index in [4.69, 9.17) is 0 Å². The molecule has 1 aliphatic rings. The molecule has 0 radical (unpaired) electrons. The van der Waals surface area contributed by atoms with Gasteiger partial charge in [-0.2, -0.15) is 0 Å². The zero-order valence-corrected chi connectivity index (χ0v) is 14.6. The van der Waals surface area contributed by atoms with Crippen LogP contribution in [0.3, 0.4) is 0 Å². The van der Waals surface area contributed by atoms with Crippen molar-refractivity contribution in [1.29, 1.82) is 0 Å². The first-order chi connectivity index (χ1) is 9.61. The summed E-state index contributed by atoms with van der Waals surface area (Å²) in [6.07, 6.45) is 2.09. The Morgan fingerprint density at radius 2 is 1.90 bits per heavy atom. The Balaban J connectivity index is 0.00000220. The average molecular weight is 329 g/mol. The summed E-state index contributed by atoms with van der Waals surface area (Å²) in [5, 5.41) is 3.78. The molecule has 1 amide bonds. The van der Waals surface area contributed by atoms with Gasteiger partial charge in [0.2, 0.25) is 0 Å². The van der Waals surface area contributed by atoms with Crippen molar-refractivity contribution in [2.24, 2.45) is 0 Å². The number of likely N-dealkylation sites (tertiary alicyclic amines) is 1. The van der Waals surface area contributed by atoms with Crippen LogP contribution in [0.15, 0.2) is 29.2 Å². The largest absolute Gasteiger partial charge is 0.338 e. The molecule has 1 fully saturated rings. The van der Waals surface area contributed by atoms with Crippen molar-refractivity contribution in [2.45, 2.75) is 42.9 Å². The number of amides is 1. The molecule has 0 unspecified atom stereocenters. The second kappa shape index (κ2) is 8.66. The molecular formula is C16H25ClN2OS. The SMILES string of the molecule is CNC1CCN(C(=O)c2ccccc2SC(C)C)CC1.Cl. The molecule has 3 nitrogen and oxygen atoms in total. The zero-order valence-electron chi connectivity index (χ0n) is 13.0. The van der Waals surface area contributed by atoms with E-state index in [-0.39, 0.29) is 18.3 Å². The monoisotopic (exact) mass is 328 g/mol. The highest BCUT2D eigenvalue weighted by Gasteiger charge is 2.24. The molecule has 0 aromatic heterocycles. The Bertz CT molecular complexity index is 459. The third-order valence-corrected chi connectivity index (χ3v) is 4.75. The van der Waals surface area contributed by atoms with Gasteiger partial charge in [-0.25, -0.2) is 0 Å². The number of hydrogen-bond acceptors (Lipinski definition) is 3. The highest BCUT2D eigenvalue weighted by atomic mass is 35.5. The molecule has 1 N–H and O–H groups in total. The van der Waals surface area contributed by atoms with Gasteiger partial charge in [-0.15, -0.1) is 24.2 Å². The molecule has 1 aliphatic heterocycles. The highest BCUT2D eigenvalue weighted by molar-refractivity contribution is 8.00. The van der Waals surface area contributed by atoms with Crippen molar-refractivity contribution in [1.82, 2.24) is 10.2 Å². The Hall–Kier alpha value is -0.710. The third kappa shape index (κ3) is 4.90. The summed E-state index contributed by atoms with van der Waals surface area (Å²) < 4.78 is 0. The predicted octanol–water partition coefficient (Wildman–Crippen LogP) is 3.43. The van der Waals surface area contributed by atoms with Gasteiger partial charge in [-0.1, -0.05) is 26.0 Å². The van der Waals surface area contributed by atoms with Gasteiger partial charge in [-0.3, -0.25) is 4.79 Å². The van der Waals surface area contributed by atoms with Crippen LogP contribution in [-0.4, -0.2) is 42.2 Å². The van der Waals surface area contributed by atoms with Crippen molar-refractivity contribution in [3.63, 3.8) is 0 Å². The maximum absolute atomic E-state index is 12.7. The fraction of sp³-hybridized carbons (Fsp3) is 0.562. The van der Waals surface area contributed by atoms with E-state index in [0.717, 1.165) is 36.4 Å². The van der Waals surface area contributed by atoms with Crippen LogP contribution in [0.4, 0.5) is 0 Å². The predicted molar refractivity (Wildman–Crippen MR) is 92.7 cm³/mol.